The molecule has 7 rings (SSSR count). The van der Waals surface area contributed by atoms with Crippen molar-refractivity contribution in [2.75, 3.05) is 9.80 Å². The lowest BCUT2D eigenvalue weighted by atomic mass is 9.84. The third-order valence-corrected chi connectivity index (χ3v) is 11.1. The lowest BCUT2D eigenvalue weighted by Crippen LogP contribution is -2.19. The fourth-order valence-electron chi connectivity index (χ4n) is 8.18. The second-order valence-corrected chi connectivity index (χ2v) is 17.5. The summed E-state index contributed by atoms with van der Waals surface area (Å²) in [5.41, 5.74) is 17.5. The van der Waals surface area contributed by atoms with Crippen LogP contribution in [0, 0.1) is 41.5 Å². The standard InChI is InChI=1S/C52H56N2/c1-33-21-25-41(26-22-33)53(47-35(3)29-39(30-36(47)4)51(7,8)9)49-43-17-13-15-19-45(43)50(46-20-16-14-18-44(46)49)54(42-27-23-34(2)24-28-42)48-37(5)31-40(32-38(48)6)52(10,11)12/h13-32H,1-12H3. The molecule has 2 heteroatoms. The second kappa shape index (κ2) is 13.8. The van der Waals surface area contributed by atoms with Gasteiger partial charge in [0.05, 0.1) is 22.7 Å². The van der Waals surface area contributed by atoms with E-state index in [1.54, 1.807) is 0 Å². The lowest BCUT2D eigenvalue weighted by molar-refractivity contribution is 0.589. The number of aryl methyl sites for hydroxylation is 6. The maximum atomic E-state index is 2.54. The fourth-order valence-corrected chi connectivity index (χ4v) is 8.18. The normalized spacial score (nSPS) is 12.1. The molecule has 0 spiro atoms. The molecule has 0 aliphatic rings. The Morgan fingerprint density at radius 3 is 0.833 bits per heavy atom. The van der Waals surface area contributed by atoms with Gasteiger partial charge < -0.3 is 9.80 Å². The van der Waals surface area contributed by atoms with Crippen molar-refractivity contribution in [1.82, 2.24) is 0 Å². The summed E-state index contributed by atoms with van der Waals surface area (Å²) in [5.74, 6) is 0. The summed E-state index contributed by atoms with van der Waals surface area (Å²) in [5, 5.41) is 4.85. The number of nitrogens with zero attached hydrogens (tertiary/aromatic N) is 2. The molecule has 0 aliphatic heterocycles. The van der Waals surface area contributed by atoms with Crippen LogP contribution < -0.4 is 9.80 Å². The van der Waals surface area contributed by atoms with Crippen molar-refractivity contribution in [3.05, 3.63) is 166 Å². The monoisotopic (exact) mass is 708 g/mol. The maximum Gasteiger partial charge on any atom is 0.0620 e. The summed E-state index contributed by atoms with van der Waals surface area (Å²) in [6, 6.07) is 45.8. The fraction of sp³-hybridized carbons (Fsp3) is 0.269. The van der Waals surface area contributed by atoms with E-state index in [-0.39, 0.29) is 10.8 Å². The Morgan fingerprint density at radius 2 is 0.593 bits per heavy atom. The Labute approximate surface area is 324 Å². The zero-order chi connectivity index (χ0) is 38.7. The zero-order valence-electron chi connectivity index (χ0n) is 34.4. The van der Waals surface area contributed by atoms with E-state index in [2.05, 4.69) is 214 Å². The van der Waals surface area contributed by atoms with Gasteiger partial charge in [0.1, 0.15) is 0 Å². The van der Waals surface area contributed by atoms with Crippen molar-refractivity contribution >= 4 is 55.7 Å². The van der Waals surface area contributed by atoms with E-state index in [0.29, 0.717) is 0 Å². The van der Waals surface area contributed by atoms with Crippen LogP contribution in [0.4, 0.5) is 34.1 Å². The number of fused-ring (bicyclic) bond motifs is 2. The smallest absolute Gasteiger partial charge is 0.0620 e. The molecule has 0 atom stereocenters. The topological polar surface area (TPSA) is 6.48 Å². The van der Waals surface area contributed by atoms with Crippen LogP contribution in [0.15, 0.2) is 121 Å². The van der Waals surface area contributed by atoms with Gasteiger partial charge in [0.15, 0.2) is 0 Å². The molecule has 0 heterocycles. The molecular formula is C52H56N2. The van der Waals surface area contributed by atoms with Crippen molar-refractivity contribution in [3.63, 3.8) is 0 Å². The molecule has 2 nitrogen and oxygen atoms in total. The van der Waals surface area contributed by atoms with E-state index < -0.39 is 0 Å². The van der Waals surface area contributed by atoms with Crippen LogP contribution in [0.5, 0.6) is 0 Å². The molecule has 0 aromatic heterocycles. The van der Waals surface area contributed by atoms with Crippen molar-refractivity contribution < 1.29 is 0 Å². The van der Waals surface area contributed by atoms with E-state index in [1.165, 1.54) is 88.8 Å². The lowest BCUT2D eigenvalue weighted by Gasteiger charge is -2.36. The molecule has 0 N–H and O–H groups in total. The van der Waals surface area contributed by atoms with Crippen molar-refractivity contribution in [1.29, 1.82) is 0 Å². The first-order valence-electron chi connectivity index (χ1n) is 19.4. The number of hydrogen-bond donors (Lipinski definition) is 0. The zero-order valence-corrected chi connectivity index (χ0v) is 34.4. The van der Waals surface area contributed by atoms with Crippen molar-refractivity contribution in [3.8, 4) is 0 Å². The molecule has 274 valence electrons. The first-order valence-corrected chi connectivity index (χ1v) is 19.4. The van der Waals surface area contributed by atoms with Crippen LogP contribution in [0.3, 0.4) is 0 Å². The van der Waals surface area contributed by atoms with Crippen LogP contribution in [-0.4, -0.2) is 0 Å². The number of hydrogen-bond acceptors (Lipinski definition) is 2. The molecule has 0 saturated carbocycles. The molecule has 0 saturated heterocycles. The molecule has 0 bridgehead atoms. The van der Waals surface area contributed by atoms with Gasteiger partial charge in [-0.25, -0.2) is 0 Å². The van der Waals surface area contributed by atoms with Crippen LogP contribution in [0.2, 0.25) is 0 Å². The Balaban J connectivity index is 1.63. The highest BCUT2D eigenvalue weighted by atomic mass is 15.2. The first kappa shape index (κ1) is 37.0. The van der Waals surface area contributed by atoms with E-state index in [0.717, 1.165) is 11.4 Å². The van der Waals surface area contributed by atoms with E-state index in [1.807, 2.05) is 0 Å². The minimum atomic E-state index is 0.0462. The van der Waals surface area contributed by atoms with Crippen LogP contribution in [0.25, 0.3) is 21.5 Å². The summed E-state index contributed by atoms with van der Waals surface area (Å²) in [4.78, 5) is 5.08. The molecule has 0 aliphatic carbocycles. The summed E-state index contributed by atoms with van der Waals surface area (Å²) in [6.45, 7) is 27.3. The van der Waals surface area contributed by atoms with Gasteiger partial charge >= 0.3 is 0 Å². The Hall–Kier alpha value is -5.34. The third-order valence-electron chi connectivity index (χ3n) is 11.1. The minimum Gasteiger partial charge on any atom is -0.309 e. The molecular weight excluding hydrogens is 653 g/mol. The summed E-state index contributed by atoms with van der Waals surface area (Å²) < 4.78 is 0. The predicted octanol–water partition coefficient (Wildman–Crippen LogP) is 15.4. The highest BCUT2D eigenvalue weighted by Gasteiger charge is 2.29. The SMILES string of the molecule is Cc1ccc(N(c2c(C)cc(C(C)(C)C)cc2C)c2c3ccccc3c(N(c3ccc(C)cc3)c3c(C)cc(C(C)(C)C)cc3C)c3ccccc23)cc1. The Morgan fingerprint density at radius 1 is 0.333 bits per heavy atom. The molecule has 54 heavy (non-hydrogen) atoms. The molecule has 0 fully saturated rings. The van der Waals surface area contributed by atoms with Gasteiger partial charge in [0.25, 0.3) is 0 Å². The van der Waals surface area contributed by atoms with Gasteiger partial charge in [-0.05, 0) is 110 Å². The quantitative estimate of drug-likeness (QED) is 0.125. The summed E-state index contributed by atoms with van der Waals surface area (Å²) in [7, 11) is 0. The summed E-state index contributed by atoms with van der Waals surface area (Å²) >= 11 is 0. The predicted molar refractivity (Wildman–Crippen MR) is 237 cm³/mol. The van der Waals surface area contributed by atoms with Crippen LogP contribution in [-0.2, 0) is 10.8 Å². The largest absolute Gasteiger partial charge is 0.309 e. The molecule has 7 aromatic rings. The Bertz CT molecular complexity index is 2220. The average Bonchev–Trinajstić information content (AvgIpc) is 3.11. The maximum absolute atomic E-state index is 2.54. The van der Waals surface area contributed by atoms with Crippen molar-refractivity contribution in [2.45, 2.75) is 93.9 Å². The number of rotatable bonds is 6. The van der Waals surface area contributed by atoms with Crippen LogP contribution in [0.1, 0.15) is 86.1 Å². The van der Waals surface area contributed by atoms with E-state index >= 15 is 0 Å². The van der Waals surface area contributed by atoms with Gasteiger partial charge in [0.2, 0.25) is 0 Å². The first-order chi connectivity index (χ1) is 25.5. The molecule has 0 amide bonds. The average molecular weight is 709 g/mol. The minimum absolute atomic E-state index is 0.0462. The number of benzene rings is 7. The molecule has 0 unspecified atom stereocenters. The van der Waals surface area contributed by atoms with Crippen LogP contribution >= 0.6 is 0 Å². The third kappa shape index (κ3) is 6.68. The highest BCUT2D eigenvalue weighted by molar-refractivity contribution is 6.23. The summed E-state index contributed by atoms with van der Waals surface area (Å²) in [6.07, 6.45) is 0. The van der Waals surface area contributed by atoms with Gasteiger partial charge in [-0.2, -0.15) is 0 Å². The number of anilines is 6. The van der Waals surface area contributed by atoms with E-state index in [4.69, 9.17) is 0 Å². The Kier molecular flexibility index (Phi) is 9.47. The van der Waals surface area contributed by atoms with Gasteiger partial charge in [-0.15, -0.1) is 0 Å². The highest BCUT2D eigenvalue weighted by Crippen LogP contribution is 2.53. The van der Waals surface area contributed by atoms with Gasteiger partial charge in [0, 0.05) is 32.9 Å². The van der Waals surface area contributed by atoms with E-state index in [9.17, 15) is 0 Å². The van der Waals surface area contributed by atoms with Crippen molar-refractivity contribution in [2.24, 2.45) is 0 Å². The molecule has 7 aromatic carbocycles. The molecule has 0 radical (unpaired) electrons. The second-order valence-electron chi connectivity index (χ2n) is 17.5. The van der Waals surface area contributed by atoms with Gasteiger partial charge in [-0.3, -0.25) is 0 Å². The van der Waals surface area contributed by atoms with Gasteiger partial charge in [-0.1, -0.05) is 150 Å².